The van der Waals surface area contributed by atoms with Crippen LogP contribution in [-0.2, 0) is 12.8 Å². The molecule has 1 aliphatic rings. The summed E-state index contributed by atoms with van der Waals surface area (Å²) in [6, 6.07) is 2.07. The largest absolute Gasteiger partial charge is 0.355 e. The molecule has 3 heterocycles. The zero-order valence-electron chi connectivity index (χ0n) is 11.5. The molecule has 2 aromatic heterocycles. The van der Waals surface area contributed by atoms with Crippen LogP contribution in [0.5, 0.6) is 0 Å². The normalized spacial score (nSPS) is 16.2. The van der Waals surface area contributed by atoms with Crippen molar-refractivity contribution in [1.29, 1.82) is 0 Å². The van der Waals surface area contributed by atoms with Crippen molar-refractivity contribution in [3.8, 4) is 0 Å². The second-order valence-electron chi connectivity index (χ2n) is 4.65. The molecule has 1 aliphatic heterocycles. The molecule has 3 rings (SSSR count). The van der Waals surface area contributed by atoms with Crippen molar-refractivity contribution >= 4 is 23.2 Å². The van der Waals surface area contributed by atoms with Gasteiger partial charge in [-0.15, -0.1) is 10.2 Å². The van der Waals surface area contributed by atoms with Crippen molar-refractivity contribution in [2.45, 2.75) is 26.7 Å². The fourth-order valence-electron chi connectivity index (χ4n) is 2.46. The minimum atomic E-state index is 0.884. The summed E-state index contributed by atoms with van der Waals surface area (Å²) in [6.07, 6.45) is 1.79. The Balaban J connectivity index is 2.07. The van der Waals surface area contributed by atoms with Gasteiger partial charge in [-0.05, 0) is 0 Å². The Morgan fingerprint density at radius 1 is 1.11 bits per heavy atom. The van der Waals surface area contributed by atoms with Crippen molar-refractivity contribution in [2.24, 2.45) is 0 Å². The van der Waals surface area contributed by atoms with Gasteiger partial charge in [0.15, 0.2) is 5.65 Å². The van der Waals surface area contributed by atoms with Gasteiger partial charge >= 0.3 is 0 Å². The summed E-state index contributed by atoms with van der Waals surface area (Å²) in [5, 5.41) is 8.55. The first kappa shape index (κ1) is 12.7. The topological polar surface area (TPSA) is 46.3 Å². The Morgan fingerprint density at radius 3 is 2.53 bits per heavy atom. The monoisotopic (exact) mass is 277 g/mol. The maximum absolute atomic E-state index is 4.82. The number of nitrogens with zero attached hydrogens (tertiary/aromatic N) is 5. The van der Waals surface area contributed by atoms with Gasteiger partial charge in [0.25, 0.3) is 0 Å². The van der Waals surface area contributed by atoms with E-state index >= 15 is 0 Å². The summed E-state index contributed by atoms with van der Waals surface area (Å²) < 4.78 is 2.10. The molecular weight excluding hydrogens is 258 g/mol. The van der Waals surface area contributed by atoms with E-state index in [1.807, 2.05) is 11.8 Å². The molecule has 102 valence electrons. The van der Waals surface area contributed by atoms with Crippen LogP contribution < -0.4 is 4.90 Å². The van der Waals surface area contributed by atoms with Crippen molar-refractivity contribution < 1.29 is 0 Å². The molecule has 2 aromatic rings. The molecule has 0 N–H and O–H groups in total. The molecule has 5 nitrogen and oxygen atoms in total. The van der Waals surface area contributed by atoms with Gasteiger partial charge in [-0.3, -0.25) is 4.40 Å². The van der Waals surface area contributed by atoms with Crippen molar-refractivity contribution in [1.82, 2.24) is 19.6 Å². The van der Waals surface area contributed by atoms with Gasteiger partial charge in [-0.2, -0.15) is 11.8 Å². The Bertz CT molecular complexity index is 574. The third-order valence-corrected chi connectivity index (χ3v) is 4.43. The van der Waals surface area contributed by atoms with Gasteiger partial charge in [0.2, 0.25) is 0 Å². The lowest BCUT2D eigenvalue weighted by Crippen LogP contribution is -2.33. The minimum Gasteiger partial charge on any atom is -0.355 e. The number of hydrogen-bond donors (Lipinski definition) is 0. The fourth-order valence-corrected chi connectivity index (χ4v) is 3.36. The van der Waals surface area contributed by atoms with Gasteiger partial charge < -0.3 is 4.90 Å². The second-order valence-corrected chi connectivity index (χ2v) is 5.87. The summed E-state index contributed by atoms with van der Waals surface area (Å²) in [5.74, 6) is 5.48. The maximum Gasteiger partial charge on any atom is 0.165 e. The van der Waals surface area contributed by atoms with E-state index in [2.05, 4.69) is 39.4 Å². The smallest absolute Gasteiger partial charge is 0.165 e. The summed E-state index contributed by atoms with van der Waals surface area (Å²) in [7, 11) is 0. The van der Waals surface area contributed by atoms with Crippen molar-refractivity contribution in [3.05, 3.63) is 17.7 Å². The van der Waals surface area contributed by atoms with Gasteiger partial charge in [-0.1, -0.05) is 13.8 Å². The van der Waals surface area contributed by atoms with Gasteiger partial charge in [0, 0.05) is 43.5 Å². The van der Waals surface area contributed by atoms with Crippen LogP contribution >= 0.6 is 11.8 Å². The average molecular weight is 277 g/mol. The van der Waals surface area contributed by atoms with Crippen LogP contribution in [0.4, 0.5) is 5.82 Å². The number of aryl methyl sites for hydroxylation is 2. The average Bonchev–Trinajstić information content (AvgIpc) is 2.90. The summed E-state index contributed by atoms with van der Waals surface area (Å²) in [5.41, 5.74) is 0.928. The first-order chi connectivity index (χ1) is 9.33. The number of anilines is 1. The molecule has 0 radical (unpaired) electrons. The third kappa shape index (κ3) is 2.29. The van der Waals surface area contributed by atoms with E-state index in [1.165, 1.54) is 11.5 Å². The summed E-state index contributed by atoms with van der Waals surface area (Å²) >= 11 is 2.01. The summed E-state index contributed by atoms with van der Waals surface area (Å²) in [4.78, 5) is 7.18. The highest BCUT2D eigenvalue weighted by Gasteiger charge is 2.16. The Morgan fingerprint density at radius 2 is 1.84 bits per heavy atom. The van der Waals surface area contributed by atoms with Crippen molar-refractivity contribution in [3.63, 3.8) is 0 Å². The second kappa shape index (κ2) is 5.36. The highest BCUT2D eigenvalue weighted by molar-refractivity contribution is 7.99. The standard InChI is InChI=1S/C13H19N5S/c1-3-10-14-12(17-5-7-19-8-6-17)9-13-16-15-11(4-2)18(10)13/h9H,3-8H2,1-2H3. The van der Waals surface area contributed by atoms with E-state index in [4.69, 9.17) is 4.98 Å². The lowest BCUT2D eigenvalue weighted by atomic mass is 10.3. The van der Waals surface area contributed by atoms with E-state index in [0.717, 1.165) is 49.0 Å². The molecule has 6 heteroatoms. The van der Waals surface area contributed by atoms with Crippen LogP contribution in [0, 0.1) is 0 Å². The van der Waals surface area contributed by atoms with E-state index in [0.29, 0.717) is 0 Å². The van der Waals surface area contributed by atoms with Gasteiger partial charge in [-0.25, -0.2) is 4.98 Å². The maximum atomic E-state index is 4.82. The zero-order valence-corrected chi connectivity index (χ0v) is 12.3. The molecule has 0 saturated carbocycles. The molecule has 1 fully saturated rings. The molecule has 0 atom stereocenters. The lowest BCUT2D eigenvalue weighted by Gasteiger charge is -2.27. The van der Waals surface area contributed by atoms with E-state index in [1.54, 1.807) is 0 Å². The molecule has 1 saturated heterocycles. The predicted octanol–water partition coefficient (Wildman–Crippen LogP) is 1.80. The number of rotatable bonds is 3. The van der Waals surface area contributed by atoms with Crippen LogP contribution in [0.25, 0.3) is 5.65 Å². The van der Waals surface area contributed by atoms with E-state index < -0.39 is 0 Å². The first-order valence-electron chi connectivity index (χ1n) is 6.90. The Kier molecular flexibility index (Phi) is 3.59. The lowest BCUT2D eigenvalue weighted by molar-refractivity contribution is 0.792. The molecule has 0 amide bonds. The summed E-state index contributed by atoms with van der Waals surface area (Å²) in [6.45, 7) is 6.39. The molecule has 0 aliphatic carbocycles. The van der Waals surface area contributed by atoms with Crippen LogP contribution in [0.3, 0.4) is 0 Å². The highest BCUT2D eigenvalue weighted by atomic mass is 32.2. The highest BCUT2D eigenvalue weighted by Crippen LogP contribution is 2.20. The molecule has 19 heavy (non-hydrogen) atoms. The fraction of sp³-hybridized carbons (Fsp3) is 0.615. The van der Waals surface area contributed by atoms with Crippen LogP contribution in [0.1, 0.15) is 25.5 Å². The molecule has 0 spiro atoms. The first-order valence-corrected chi connectivity index (χ1v) is 8.05. The molecular formula is C13H19N5S. The molecule has 0 bridgehead atoms. The third-order valence-electron chi connectivity index (χ3n) is 3.48. The van der Waals surface area contributed by atoms with Crippen LogP contribution in [0.2, 0.25) is 0 Å². The zero-order chi connectivity index (χ0) is 13.2. The quantitative estimate of drug-likeness (QED) is 0.856. The van der Waals surface area contributed by atoms with Crippen LogP contribution in [0.15, 0.2) is 6.07 Å². The number of aromatic nitrogens is 4. The van der Waals surface area contributed by atoms with E-state index in [9.17, 15) is 0 Å². The molecule has 0 aromatic carbocycles. The van der Waals surface area contributed by atoms with Crippen LogP contribution in [-0.4, -0.2) is 44.2 Å². The van der Waals surface area contributed by atoms with E-state index in [-0.39, 0.29) is 0 Å². The molecule has 0 unspecified atom stereocenters. The predicted molar refractivity (Wildman–Crippen MR) is 79.1 cm³/mol. The Labute approximate surface area is 117 Å². The minimum absolute atomic E-state index is 0.884. The number of hydrogen-bond acceptors (Lipinski definition) is 5. The Hall–Kier alpha value is -1.30. The van der Waals surface area contributed by atoms with Gasteiger partial charge in [0.05, 0.1) is 0 Å². The van der Waals surface area contributed by atoms with Crippen molar-refractivity contribution in [2.75, 3.05) is 29.5 Å². The van der Waals surface area contributed by atoms with Gasteiger partial charge in [0.1, 0.15) is 17.5 Å². The number of fused-ring (bicyclic) bond motifs is 1. The number of thioether (sulfide) groups is 1. The SMILES string of the molecule is CCc1nnc2cc(N3CCSCC3)nc(CC)n12.